The van der Waals surface area contributed by atoms with Gasteiger partial charge in [-0.15, -0.1) is 0 Å². The van der Waals surface area contributed by atoms with E-state index in [4.69, 9.17) is 0 Å². The summed E-state index contributed by atoms with van der Waals surface area (Å²) >= 11 is 0. The molecule has 0 radical (unpaired) electrons. The maximum Gasteiger partial charge on any atom is 0.231 e. The van der Waals surface area contributed by atoms with Crippen molar-refractivity contribution in [2.45, 2.75) is 6.92 Å². The fourth-order valence-electron chi connectivity index (χ4n) is 0.307. The van der Waals surface area contributed by atoms with Crippen LogP contribution in [-0.2, 0) is 10.0 Å². The van der Waals surface area contributed by atoms with Gasteiger partial charge in [0.1, 0.15) is 0 Å². The second-order valence-corrected chi connectivity index (χ2v) is 3.07. The van der Waals surface area contributed by atoms with Crippen molar-refractivity contribution in [2.75, 3.05) is 0 Å². The number of primary sulfonamides is 1. The summed E-state index contributed by atoms with van der Waals surface area (Å²) < 4.78 is 20.5. The molecule has 0 heterocycles. The summed E-state index contributed by atoms with van der Waals surface area (Å²) in [5, 5.41) is 5.62. The van der Waals surface area contributed by atoms with Gasteiger partial charge in [0.15, 0.2) is 0 Å². The Kier molecular flexibility index (Phi) is 2.61. The lowest BCUT2D eigenvalue weighted by Crippen LogP contribution is -2.07. The molecule has 3 nitrogen and oxygen atoms in total. The van der Waals surface area contributed by atoms with Crippen LogP contribution in [0.4, 0.5) is 0 Å². The number of nitrogens with two attached hydrogens (primary N) is 1. The Morgan fingerprint density at radius 1 is 1.67 bits per heavy atom. The van der Waals surface area contributed by atoms with Crippen LogP contribution in [0.1, 0.15) is 6.92 Å². The summed E-state index contributed by atoms with van der Waals surface area (Å²) in [5.74, 6) is 0. The van der Waals surface area contributed by atoms with Crippen LogP contribution in [-0.4, -0.2) is 8.42 Å². The Bertz CT molecular complexity index is 225. The first-order chi connectivity index (χ1) is 3.95. The maximum atomic E-state index is 10.3. The molecule has 0 aliphatic heterocycles. The summed E-state index contributed by atoms with van der Waals surface area (Å²) in [6.45, 7) is 4.97. The van der Waals surface area contributed by atoms with Gasteiger partial charge < -0.3 is 0 Å². The first-order valence-corrected chi connectivity index (χ1v) is 3.90. The van der Waals surface area contributed by atoms with Crippen molar-refractivity contribution in [1.82, 2.24) is 0 Å². The van der Waals surface area contributed by atoms with Crippen molar-refractivity contribution in [3.63, 3.8) is 0 Å². The highest BCUT2D eigenvalue weighted by molar-refractivity contribution is 7.92. The lowest BCUT2D eigenvalue weighted by atomic mass is 10.4. The number of sulfonamides is 1. The molecule has 0 atom stereocenters. The minimum absolute atomic E-state index is 0.539. The third-order valence-electron chi connectivity index (χ3n) is 0.672. The van der Waals surface area contributed by atoms with E-state index in [-0.39, 0.29) is 0 Å². The summed E-state index contributed by atoms with van der Waals surface area (Å²) in [7, 11) is -3.47. The normalized spacial score (nSPS) is 13.3. The van der Waals surface area contributed by atoms with Gasteiger partial charge in [-0.05, 0) is 12.5 Å². The highest BCUT2D eigenvalue weighted by Gasteiger charge is 1.93. The van der Waals surface area contributed by atoms with Crippen LogP contribution in [0, 0.1) is 0 Å². The molecule has 4 heteroatoms. The Hall–Kier alpha value is -0.610. The van der Waals surface area contributed by atoms with E-state index < -0.39 is 10.0 Å². The monoisotopic (exact) mass is 147 g/mol. The van der Waals surface area contributed by atoms with Gasteiger partial charge >= 0.3 is 0 Å². The van der Waals surface area contributed by atoms with E-state index in [1.165, 1.54) is 6.08 Å². The first-order valence-electron chi connectivity index (χ1n) is 2.29. The quantitative estimate of drug-likeness (QED) is 0.573. The first kappa shape index (κ1) is 8.39. The predicted octanol–water partition coefficient (Wildman–Crippen LogP) is 0.365. The lowest BCUT2D eigenvalue weighted by Gasteiger charge is -1.87. The third-order valence-corrected chi connectivity index (χ3v) is 1.37. The zero-order chi connectivity index (χ0) is 7.49. The fourth-order valence-corrected chi connectivity index (χ4v) is 0.922. The van der Waals surface area contributed by atoms with Gasteiger partial charge in [-0.1, -0.05) is 12.7 Å². The molecule has 0 saturated carbocycles. The van der Waals surface area contributed by atoms with Crippen LogP contribution in [0.2, 0.25) is 0 Å². The fraction of sp³-hybridized carbons (Fsp3) is 0.200. The number of hydrogen-bond acceptors (Lipinski definition) is 2. The van der Waals surface area contributed by atoms with E-state index in [0.29, 0.717) is 5.57 Å². The second-order valence-electron chi connectivity index (χ2n) is 1.66. The Balaban J connectivity index is 4.51. The van der Waals surface area contributed by atoms with Gasteiger partial charge in [0, 0.05) is 5.41 Å². The van der Waals surface area contributed by atoms with Gasteiger partial charge in [-0.3, -0.25) is 0 Å². The van der Waals surface area contributed by atoms with Gasteiger partial charge in [0.05, 0.1) is 0 Å². The average Bonchev–Trinajstić information content (AvgIpc) is 1.62. The van der Waals surface area contributed by atoms with Gasteiger partial charge in [-0.2, -0.15) is 0 Å². The van der Waals surface area contributed by atoms with Crippen molar-refractivity contribution in [3.8, 4) is 0 Å². The van der Waals surface area contributed by atoms with Crippen LogP contribution < -0.4 is 5.14 Å². The van der Waals surface area contributed by atoms with Crippen molar-refractivity contribution >= 4 is 10.0 Å². The van der Waals surface area contributed by atoms with E-state index in [2.05, 4.69) is 11.7 Å². The van der Waals surface area contributed by atoms with E-state index in [1.54, 1.807) is 6.92 Å². The highest BCUT2D eigenvalue weighted by atomic mass is 32.2. The molecule has 0 aromatic heterocycles. The maximum absolute atomic E-state index is 10.3. The molecule has 2 N–H and O–H groups in total. The van der Waals surface area contributed by atoms with Crippen LogP contribution in [0.5, 0.6) is 0 Å². The molecule has 0 unspecified atom stereocenters. The molecule has 52 valence electrons. The predicted molar refractivity (Wildman–Crippen MR) is 37.1 cm³/mol. The minimum Gasteiger partial charge on any atom is -0.225 e. The Labute approximate surface area is 54.9 Å². The molecule has 0 rings (SSSR count). The van der Waals surface area contributed by atoms with Crippen molar-refractivity contribution in [3.05, 3.63) is 23.6 Å². The van der Waals surface area contributed by atoms with Crippen LogP contribution in [0.3, 0.4) is 0 Å². The van der Waals surface area contributed by atoms with E-state index in [0.717, 1.165) is 5.41 Å². The molecule has 0 bridgehead atoms. The van der Waals surface area contributed by atoms with Gasteiger partial charge in [-0.25, -0.2) is 13.6 Å². The summed E-state index contributed by atoms with van der Waals surface area (Å²) in [6.07, 6.45) is 1.42. The molecular formula is C5H9NO2S. The lowest BCUT2D eigenvalue weighted by molar-refractivity contribution is 0.606. The van der Waals surface area contributed by atoms with Crippen molar-refractivity contribution < 1.29 is 8.42 Å². The van der Waals surface area contributed by atoms with Crippen molar-refractivity contribution in [2.24, 2.45) is 5.14 Å². The molecule has 9 heavy (non-hydrogen) atoms. The Morgan fingerprint density at radius 3 is 2.22 bits per heavy atom. The summed E-state index contributed by atoms with van der Waals surface area (Å²) in [6, 6.07) is 0. The number of rotatable bonds is 2. The SMILES string of the molecule is C=C/C(C)=C/S(N)(=O)=O. The largest absolute Gasteiger partial charge is 0.231 e. The molecule has 0 aromatic carbocycles. The van der Waals surface area contributed by atoms with Crippen LogP contribution in [0.25, 0.3) is 0 Å². The molecule has 0 aromatic rings. The van der Waals surface area contributed by atoms with E-state index >= 15 is 0 Å². The molecule has 0 amide bonds. The van der Waals surface area contributed by atoms with E-state index in [1.807, 2.05) is 0 Å². The van der Waals surface area contributed by atoms with Crippen molar-refractivity contribution in [1.29, 1.82) is 0 Å². The standard InChI is InChI=1S/C5H9NO2S/c1-3-5(2)4-9(6,7)8/h3-4H,1H2,2H3,(H2,6,7,8)/b5-4+. The zero-order valence-corrected chi connectivity index (χ0v) is 5.98. The Morgan fingerprint density at radius 2 is 2.11 bits per heavy atom. The molecule has 0 spiro atoms. The van der Waals surface area contributed by atoms with Gasteiger partial charge in [0.25, 0.3) is 0 Å². The molecule has 0 saturated heterocycles. The average molecular weight is 147 g/mol. The van der Waals surface area contributed by atoms with Gasteiger partial charge in [0.2, 0.25) is 10.0 Å². The summed E-state index contributed by atoms with van der Waals surface area (Å²) in [4.78, 5) is 0. The second kappa shape index (κ2) is 2.80. The van der Waals surface area contributed by atoms with Crippen LogP contribution in [0.15, 0.2) is 23.6 Å². The minimum atomic E-state index is -3.47. The van der Waals surface area contributed by atoms with Crippen LogP contribution >= 0.6 is 0 Å². The smallest absolute Gasteiger partial charge is 0.225 e. The molecule has 0 aliphatic rings. The molecule has 0 fully saturated rings. The highest BCUT2D eigenvalue weighted by Crippen LogP contribution is 1.94. The summed E-state index contributed by atoms with van der Waals surface area (Å²) in [5.41, 5.74) is 0.539. The molecule has 0 aliphatic carbocycles. The third kappa shape index (κ3) is 5.26. The number of allylic oxidation sites excluding steroid dienone is 2. The van der Waals surface area contributed by atoms with E-state index in [9.17, 15) is 8.42 Å². The molecular weight excluding hydrogens is 138 g/mol. The zero-order valence-electron chi connectivity index (χ0n) is 5.16. The number of hydrogen-bond donors (Lipinski definition) is 1. The topological polar surface area (TPSA) is 60.2 Å².